The average Bonchev–Trinajstić information content (AvgIpc) is 2.73. The van der Waals surface area contributed by atoms with E-state index in [9.17, 15) is 4.79 Å². The van der Waals surface area contributed by atoms with Crippen molar-refractivity contribution in [3.05, 3.63) is 47.8 Å². The van der Waals surface area contributed by atoms with Crippen LogP contribution in [-0.4, -0.2) is 63.3 Å². The zero-order valence-corrected chi connectivity index (χ0v) is 16.0. The van der Waals surface area contributed by atoms with Gasteiger partial charge in [-0.1, -0.05) is 0 Å². The van der Waals surface area contributed by atoms with Crippen molar-refractivity contribution in [3.63, 3.8) is 0 Å². The lowest BCUT2D eigenvalue weighted by molar-refractivity contribution is -0.917. The third-order valence-electron chi connectivity index (χ3n) is 4.90. The molecule has 0 bridgehead atoms. The van der Waals surface area contributed by atoms with Crippen LogP contribution >= 0.6 is 0 Å². The molecule has 144 valence electrons. The van der Waals surface area contributed by atoms with Crippen LogP contribution in [0.3, 0.4) is 0 Å². The van der Waals surface area contributed by atoms with Crippen molar-refractivity contribution in [1.82, 2.24) is 9.88 Å². The number of rotatable bonds is 6. The Kier molecular flexibility index (Phi) is 6.13. The van der Waals surface area contributed by atoms with Crippen molar-refractivity contribution in [3.8, 4) is 17.2 Å². The number of hydrogen-bond donors (Lipinski definition) is 1. The Morgan fingerprint density at radius 1 is 1.00 bits per heavy atom. The molecular weight excluding hydrogens is 346 g/mol. The van der Waals surface area contributed by atoms with Gasteiger partial charge in [0.25, 0.3) is 5.91 Å². The smallest absolute Gasteiger partial charge is 0.258 e. The molecule has 0 spiro atoms. The van der Waals surface area contributed by atoms with Crippen molar-refractivity contribution in [2.24, 2.45) is 0 Å². The number of ether oxygens (including phenoxy) is 3. The molecule has 0 unspecified atom stereocenters. The predicted octanol–water partition coefficient (Wildman–Crippen LogP) is 0.648. The van der Waals surface area contributed by atoms with Crippen LogP contribution in [0.15, 0.2) is 36.7 Å². The maximum absolute atomic E-state index is 13.0. The number of aromatic nitrogens is 1. The Bertz CT molecular complexity index is 774. The van der Waals surface area contributed by atoms with Crippen molar-refractivity contribution >= 4 is 5.91 Å². The molecule has 1 saturated heterocycles. The average molecular weight is 372 g/mol. The Morgan fingerprint density at radius 3 is 2.19 bits per heavy atom. The summed E-state index contributed by atoms with van der Waals surface area (Å²) in [7, 11) is 4.66. The number of pyridine rings is 1. The summed E-state index contributed by atoms with van der Waals surface area (Å²) in [5.41, 5.74) is 1.76. The van der Waals surface area contributed by atoms with Gasteiger partial charge in [0, 0.05) is 30.1 Å². The third-order valence-corrected chi connectivity index (χ3v) is 4.90. The lowest BCUT2D eigenvalue weighted by Crippen LogP contribution is -3.13. The molecule has 1 aliphatic rings. The molecule has 1 aromatic heterocycles. The molecule has 2 aromatic rings. The quantitative estimate of drug-likeness (QED) is 0.807. The van der Waals surface area contributed by atoms with Gasteiger partial charge < -0.3 is 24.0 Å². The highest BCUT2D eigenvalue weighted by atomic mass is 16.5. The van der Waals surface area contributed by atoms with Gasteiger partial charge in [-0.2, -0.15) is 0 Å². The molecule has 2 heterocycles. The van der Waals surface area contributed by atoms with E-state index in [2.05, 4.69) is 4.98 Å². The first kappa shape index (κ1) is 19.0. The number of nitrogens with one attached hydrogen (secondary N) is 1. The molecule has 1 fully saturated rings. The van der Waals surface area contributed by atoms with Gasteiger partial charge in [0.1, 0.15) is 12.3 Å². The van der Waals surface area contributed by atoms with Gasteiger partial charge in [0.05, 0.1) is 53.1 Å². The summed E-state index contributed by atoms with van der Waals surface area (Å²) in [5.74, 6) is 1.50. The SMILES string of the molecule is COc1cc(OC)c(C(=O)N2CC[NH+](Cc3ccncc3)CC2)cc1OC. The number of benzene rings is 1. The van der Waals surface area contributed by atoms with Crippen molar-refractivity contribution in [2.45, 2.75) is 6.54 Å². The van der Waals surface area contributed by atoms with E-state index in [0.717, 1.165) is 19.6 Å². The molecular formula is C20H26N3O4+. The zero-order valence-electron chi connectivity index (χ0n) is 16.0. The molecule has 1 aliphatic heterocycles. The zero-order chi connectivity index (χ0) is 19.2. The standard InChI is InChI=1S/C20H25N3O4/c1-25-17-13-19(27-3)18(26-2)12-16(17)20(24)23-10-8-22(9-11-23)14-15-4-6-21-7-5-15/h4-7,12-13H,8-11,14H2,1-3H3/p+1. The Hall–Kier alpha value is -2.80. The fourth-order valence-corrected chi connectivity index (χ4v) is 3.36. The molecule has 7 nitrogen and oxygen atoms in total. The summed E-state index contributed by atoms with van der Waals surface area (Å²) in [6.07, 6.45) is 3.63. The van der Waals surface area contributed by atoms with Gasteiger partial charge in [0.2, 0.25) is 0 Å². The highest BCUT2D eigenvalue weighted by Gasteiger charge is 2.27. The highest BCUT2D eigenvalue weighted by Crippen LogP contribution is 2.35. The lowest BCUT2D eigenvalue weighted by atomic mass is 10.1. The third kappa shape index (κ3) is 4.31. The fourth-order valence-electron chi connectivity index (χ4n) is 3.36. The number of nitrogens with zero attached hydrogens (tertiary/aromatic N) is 2. The number of hydrogen-bond acceptors (Lipinski definition) is 5. The minimum absolute atomic E-state index is 0.0456. The van der Waals surface area contributed by atoms with Crippen LogP contribution in [0, 0.1) is 0 Å². The van der Waals surface area contributed by atoms with Gasteiger partial charge in [-0.05, 0) is 12.1 Å². The van der Waals surface area contributed by atoms with Crippen LogP contribution in [0.4, 0.5) is 0 Å². The van der Waals surface area contributed by atoms with Gasteiger partial charge in [-0.25, -0.2) is 0 Å². The molecule has 0 saturated carbocycles. The van der Waals surface area contributed by atoms with E-state index < -0.39 is 0 Å². The van der Waals surface area contributed by atoms with Crippen molar-refractivity contribution in [2.75, 3.05) is 47.5 Å². The van der Waals surface area contributed by atoms with Gasteiger partial charge >= 0.3 is 0 Å². The number of carbonyl (C=O) groups excluding carboxylic acids is 1. The molecule has 0 atom stereocenters. The Balaban J connectivity index is 1.68. The lowest BCUT2D eigenvalue weighted by Gasteiger charge is -2.32. The number of quaternary nitrogens is 1. The molecule has 0 aliphatic carbocycles. The topological polar surface area (TPSA) is 65.3 Å². The minimum Gasteiger partial charge on any atom is -0.496 e. The normalized spacial score (nSPS) is 14.7. The van der Waals surface area contributed by atoms with Gasteiger partial charge in [0.15, 0.2) is 11.5 Å². The van der Waals surface area contributed by atoms with E-state index in [-0.39, 0.29) is 5.91 Å². The molecule has 1 aromatic carbocycles. The van der Waals surface area contributed by atoms with E-state index >= 15 is 0 Å². The second kappa shape index (κ2) is 8.73. The van der Waals surface area contributed by atoms with Gasteiger partial charge in [-0.15, -0.1) is 0 Å². The molecule has 0 radical (unpaired) electrons. The number of piperazine rings is 1. The maximum Gasteiger partial charge on any atom is 0.258 e. The number of amides is 1. The van der Waals surface area contributed by atoms with E-state index in [1.807, 2.05) is 29.4 Å². The van der Waals surface area contributed by atoms with Crippen LogP contribution < -0.4 is 19.1 Å². The summed E-state index contributed by atoms with van der Waals surface area (Å²) in [4.78, 5) is 20.4. The van der Waals surface area contributed by atoms with Crippen LogP contribution in [0.5, 0.6) is 17.2 Å². The van der Waals surface area contributed by atoms with Crippen LogP contribution in [-0.2, 0) is 6.54 Å². The first-order valence-corrected chi connectivity index (χ1v) is 8.98. The first-order chi connectivity index (χ1) is 13.2. The highest BCUT2D eigenvalue weighted by molar-refractivity contribution is 5.97. The predicted molar refractivity (Wildman–Crippen MR) is 101 cm³/mol. The molecule has 1 N–H and O–H groups in total. The van der Waals surface area contributed by atoms with Crippen molar-refractivity contribution < 1.29 is 23.9 Å². The van der Waals surface area contributed by atoms with Crippen LogP contribution in [0.2, 0.25) is 0 Å². The second-order valence-electron chi connectivity index (χ2n) is 6.48. The maximum atomic E-state index is 13.0. The fraction of sp³-hybridized carbons (Fsp3) is 0.400. The molecule has 3 rings (SSSR count). The molecule has 27 heavy (non-hydrogen) atoms. The first-order valence-electron chi connectivity index (χ1n) is 8.98. The summed E-state index contributed by atoms with van der Waals surface area (Å²) in [5, 5.41) is 0. The van der Waals surface area contributed by atoms with E-state index in [4.69, 9.17) is 14.2 Å². The summed E-state index contributed by atoms with van der Waals surface area (Å²) in [6, 6.07) is 7.46. The molecule has 1 amide bonds. The van der Waals surface area contributed by atoms with E-state index in [1.54, 1.807) is 33.5 Å². The number of methoxy groups -OCH3 is 3. The molecule has 7 heteroatoms. The second-order valence-corrected chi connectivity index (χ2v) is 6.48. The van der Waals surface area contributed by atoms with Gasteiger partial charge in [-0.3, -0.25) is 9.78 Å². The van der Waals surface area contributed by atoms with Crippen LogP contribution in [0.25, 0.3) is 0 Å². The Labute approximate surface area is 159 Å². The van der Waals surface area contributed by atoms with Crippen LogP contribution in [0.1, 0.15) is 15.9 Å². The van der Waals surface area contributed by atoms with Crippen molar-refractivity contribution in [1.29, 1.82) is 0 Å². The summed E-state index contributed by atoms with van der Waals surface area (Å²) < 4.78 is 16.0. The summed E-state index contributed by atoms with van der Waals surface area (Å²) in [6.45, 7) is 4.17. The largest absolute Gasteiger partial charge is 0.496 e. The van der Waals surface area contributed by atoms with E-state index in [1.165, 1.54) is 10.5 Å². The Morgan fingerprint density at radius 2 is 1.59 bits per heavy atom. The van der Waals surface area contributed by atoms with E-state index in [0.29, 0.717) is 35.9 Å². The number of carbonyl (C=O) groups is 1. The monoisotopic (exact) mass is 372 g/mol. The summed E-state index contributed by atoms with van der Waals surface area (Å²) >= 11 is 0. The minimum atomic E-state index is -0.0456.